The Bertz CT molecular complexity index is 1450. The maximum atomic E-state index is 14.9. The number of aliphatic carboxylic acids is 1. The number of hydrogen-bond donors (Lipinski definition) is 2. The molecule has 1 aliphatic carbocycles. The van der Waals surface area contributed by atoms with Crippen LogP contribution in [0.25, 0.3) is 27.8 Å². The molecule has 0 aliphatic heterocycles. The largest absolute Gasteiger partial charge is 0.494 e. The lowest BCUT2D eigenvalue weighted by Crippen LogP contribution is -2.46. The second-order valence-corrected chi connectivity index (χ2v) is 9.77. The van der Waals surface area contributed by atoms with Gasteiger partial charge in [0.25, 0.3) is 0 Å². The highest BCUT2D eigenvalue weighted by Crippen LogP contribution is 2.53. The number of benzene rings is 1. The molecule has 35 heavy (non-hydrogen) atoms. The zero-order valence-corrected chi connectivity index (χ0v) is 19.9. The Hall–Kier alpha value is -3.53. The van der Waals surface area contributed by atoms with Gasteiger partial charge in [-0.2, -0.15) is 5.10 Å². The number of aromatic amines is 1. The van der Waals surface area contributed by atoms with E-state index in [0.717, 1.165) is 16.6 Å². The van der Waals surface area contributed by atoms with E-state index in [0.29, 0.717) is 29.0 Å². The van der Waals surface area contributed by atoms with Gasteiger partial charge in [-0.05, 0) is 37.0 Å². The van der Waals surface area contributed by atoms with E-state index >= 15 is 0 Å². The van der Waals surface area contributed by atoms with Crippen molar-refractivity contribution in [3.63, 3.8) is 0 Å². The summed E-state index contributed by atoms with van der Waals surface area (Å²) in [5, 5.41) is 17.1. The van der Waals surface area contributed by atoms with Gasteiger partial charge in [0.15, 0.2) is 17.2 Å². The van der Waals surface area contributed by atoms with E-state index in [9.17, 15) is 18.7 Å². The van der Waals surface area contributed by atoms with Gasteiger partial charge in [0.05, 0.1) is 30.9 Å². The summed E-state index contributed by atoms with van der Waals surface area (Å²) in [5.74, 6) is -2.25. The lowest BCUT2D eigenvalue weighted by molar-refractivity contribution is -0.158. The summed E-state index contributed by atoms with van der Waals surface area (Å²) in [6.45, 7) is 4.33. The summed E-state index contributed by atoms with van der Waals surface area (Å²) in [6.07, 6.45) is 1.34. The molecule has 184 valence electrons. The zero-order valence-electron chi connectivity index (χ0n) is 19.9. The van der Waals surface area contributed by atoms with Crippen LogP contribution in [0, 0.1) is 5.82 Å². The quantitative estimate of drug-likeness (QED) is 0.396. The predicted molar refractivity (Wildman–Crippen MR) is 126 cm³/mol. The number of nitrogens with one attached hydrogen (secondary N) is 1. The van der Waals surface area contributed by atoms with E-state index in [4.69, 9.17) is 14.5 Å². The first-order chi connectivity index (χ1) is 16.6. The molecule has 3 heterocycles. The molecule has 4 aromatic rings. The highest BCUT2D eigenvalue weighted by molar-refractivity contribution is 5.94. The molecule has 0 bridgehead atoms. The van der Waals surface area contributed by atoms with Gasteiger partial charge in [0.2, 0.25) is 5.67 Å². The molecule has 1 fully saturated rings. The number of halogens is 2. The van der Waals surface area contributed by atoms with Crippen molar-refractivity contribution in [2.24, 2.45) is 0 Å². The number of carbonyl (C=O) groups is 1. The molecule has 3 aromatic heterocycles. The van der Waals surface area contributed by atoms with Crippen LogP contribution in [0.5, 0.6) is 5.75 Å². The van der Waals surface area contributed by atoms with Crippen LogP contribution in [-0.2, 0) is 14.9 Å². The number of nitrogens with zero attached hydrogens (tertiary/aromatic N) is 3. The molecular formula is C25H26F2N4O4. The Labute approximate surface area is 199 Å². The van der Waals surface area contributed by atoms with Gasteiger partial charge in [-0.1, -0.05) is 13.8 Å². The molecular weight excluding hydrogens is 458 g/mol. The number of hydrogen-bond acceptors (Lipinski definition) is 5. The molecule has 0 unspecified atom stereocenters. The predicted octanol–water partition coefficient (Wildman–Crippen LogP) is 4.64. The number of ether oxygens (including phenoxy) is 2. The molecule has 0 spiro atoms. The monoisotopic (exact) mass is 484 g/mol. The average molecular weight is 485 g/mol. The fourth-order valence-electron chi connectivity index (χ4n) is 5.23. The number of rotatable bonds is 7. The Kier molecular flexibility index (Phi) is 5.32. The number of fused-ring (bicyclic) bond motifs is 2. The highest BCUT2D eigenvalue weighted by atomic mass is 19.1. The minimum atomic E-state index is -2.28. The lowest BCUT2D eigenvalue weighted by atomic mass is 9.67. The molecule has 1 aromatic carbocycles. The third-order valence-corrected chi connectivity index (χ3v) is 6.85. The second-order valence-electron chi connectivity index (χ2n) is 9.77. The Morgan fingerprint density at radius 1 is 1.31 bits per heavy atom. The van der Waals surface area contributed by atoms with Gasteiger partial charge in [-0.25, -0.2) is 18.6 Å². The lowest BCUT2D eigenvalue weighted by Gasteiger charge is -2.40. The van der Waals surface area contributed by atoms with Gasteiger partial charge < -0.3 is 19.1 Å². The molecule has 0 amide bonds. The van der Waals surface area contributed by atoms with Crippen LogP contribution in [-0.4, -0.2) is 57.3 Å². The molecule has 0 radical (unpaired) electrons. The van der Waals surface area contributed by atoms with Crippen molar-refractivity contribution in [3.05, 3.63) is 47.5 Å². The van der Waals surface area contributed by atoms with Gasteiger partial charge >= 0.3 is 5.97 Å². The summed E-state index contributed by atoms with van der Waals surface area (Å²) >= 11 is 0. The number of H-pyrrole nitrogens is 1. The van der Waals surface area contributed by atoms with Gasteiger partial charge in [0, 0.05) is 40.9 Å². The van der Waals surface area contributed by atoms with E-state index in [1.165, 1.54) is 13.2 Å². The van der Waals surface area contributed by atoms with E-state index in [2.05, 4.69) is 10.2 Å². The highest BCUT2D eigenvalue weighted by Gasteiger charge is 2.54. The van der Waals surface area contributed by atoms with Crippen molar-refractivity contribution in [3.8, 4) is 11.4 Å². The van der Waals surface area contributed by atoms with E-state index in [1.54, 1.807) is 25.4 Å². The van der Waals surface area contributed by atoms with Gasteiger partial charge in [-0.3, -0.25) is 5.10 Å². The standard InChI is InChI=1S/C25H26F2N4O4/c1-24(2,12-34-3)21-19(14-9-25(27,10-14)23(32)33)20-17(7-13-11-28-30-22(13)29-20)31(21)15-5-6-16(26)18(8-15)35-4/h5-8,11,14H,9-10,12H2,1-4H3,(H,32,33)(H,28,29,30)/t14-,25+. The van der Waals surface area contributed by atoms with Crippen molar-refractivity contribution >= 4 is 28.0 Å². The van der Waals surface area contributed by atoms with E-state index in [1.807, 2.05) is 24.5 Å². The number of methoxy groups -OCH3 is 2. The molecule has 8 nitrogen and oxygen atoms in total. The maximum Gasteiger partial charge on any atom is 0.341 e. The Morgan fingerprint density at radius 2 is 2.06 bits per heavy atom. The Balaban J connectivity index is 1.86. The maximum absolute atomic E-state index is 14.9. The van der Waals surface area contributed by atoms with Gasteiger partial charge in [0.1, 0.15) is 0 Å². The summed E-state index contributed by atoms with van der Waals surface area (Å²) in [7, 11) is 3.00. The number of aromatic nitrogens is 4. The summed E-state index contributed by atoms with van der Waals surface area (Å²) < 4.78 is 41.9. The summed E-state index contributed by atoms with van der Waals surface area (Å²) in [6, 6.07) is 6.49. The van der Waals surface area contributed by atoms with Crippen LogP contribution in [0.1, 0.15) is 43.9 Å². The van der Waals surface area contributed by atoms with E-state index in [-0.39, 0.29) is 24.5 Å². The third-order valence-electron chi connectivity index (χ3n) is 6.85. The normalized spacial score (nSPS) is 20.3. The number of carboxylic acid groups (broad SMARTS) is 1. The molecule has 1 saturated carbocycles. The van der Waals surface area contributed by atoms with Crippen LogP contribution in [0.2, 0.25) is 0 Å². The average Bonchev–Trinajstić information content (AvgIpc) is 3.37. The van der Waals surface area contributed by atoms with Crippen molar-refractivity contribution in [2.45, 2.75) is 43.7 Å². The van der Waals surface area contributed by atoms with Crippen molar-refractivity contribution < 1.29 is 28.2 Å². The molecule has 0 atom stereocenters. The van der Waals surface area contributed by atoms with Crippen molar-refractivity contribution in [2.75, 3.05) is 20.8 Å². The number of alkyl halides is 1. The molecule has 2 N–H and O–H groups in total. The molecule has 0 saturated heterocycles. The van der Waals surface area contributed by atoms with Crippen LogP contribution < -0.4 is 4.74 Å². The first-order valence-electron chi connectivity index (χ1n) is 11.2. The SMILES string of the molecule is COCC(C)(C)c1c([C@H]2C[C@](F)(C(=O)O)C2)c2nc3[nH]ncc3cc2n1-c1ccc(F)c(OC)c1. The minimum Gasteiger partial charge on any atom is -0.494 e. The summed E-state index contributed by atoms with van der Waals surface area (Å²) in [4.78, 5) is 16.3. The van der Waals surface area contributed by atoms with Gasteiger partial charge in [-0.15, -0.1) is 0 Å². The molecule has 1 aliphatic rings. The van der Waals surface area contributed by atoms with Crippen LogP contribution in [0.4, 0.5) is 8.78 Å². The topological polar surface area (TPSA) is 102 Å². The molecule has 10 heteroatoms. The number of pyridine rings is 1. The van der Waals surface area contributed by atoms with Crippen LogP contribution in [0.15, 0.2) is 30.5 Å². The second kappa shape index (κ2) is 8.01. The fourth-order valence-corrected chi connectivity index (χ4v) is 5.23. The first-order valence-corrected chi connectivity index (χ1v) is 11.2. The van der Waals surface area contributed by atoms with E-state index < -0.39 is 22.9 Å². The van der Waals surface area contributed by atoms with Crippen molar-refractivity contribution in [1.29, 1.82) is 0 Å². The minimum absolute atomic E-state index is 0.0797. The first kappa shape index (κ1) is 23.2. The number of carboxylic acids is 1. The fraction of sp³-hybridized carbons (Fsp3) is 0.400. The third kappa shape index (κ3) is 3.54. The smallest absolute Gasteiger partial charge is 0.341 e. The van der Waals surface area contributed by atoms with Crippen LogP contribution in [0.3, 0.4) is 0 Å². The summed E-state index contributed by atoms with van der Waals surface area (Å²) in [5.41, 5.74) is 1.22. The van der Waals surface area contributed by atoms with Crippen LogP contribution >= 0.6 is 0 Å². The van der Waals surface area contributed by atoms with Crippen molar-refractivity contribution in [1.82, 2.24) is 19.7 Å². The zero-order chi connectivity index (χ0) is 25.1. The Morgan fingerprint density at radius 3 is 2.71 bits per heavy atom. The molecule has 5 rings (SSSR count).